The number of amides is 1. The number of nitrogens with zero attached hydrogens (tertiary/aromatic N) is 2. The number of carbonyl (C=O) groups is 1. The Morgan fingerprint density at radius 1 is 1.15 bits per heavy atom. The lowest BCUT2D eigenvalue weighted by atomic mass is 10.2. The van der Waals surface area contributed by atoms with E-state index in [0.29, 0.717) is 11.3 Å². The summed E-state index contributed by atoms with van der Waals surface area (Å²) in [5.74, 6) is -0.992. The fourth-order valence-corrected chi connectivity index (χ4v) is 2.89. The molecule has 0 aliphatic heterocycles. The Labute approximate surface area is 156 Å². The van der Waals surface area contributed by atoms with Gasteiger partial charge in [-0.3, -0.25) is 4.79 Å². The minimum atomic E-state index is -0.572. The smallest absolute Gasteiger partial charge is 0.277 e. The highest BCUT2D eigenvalue weighted by Gasteiger charge is 2.19. The summed E-state index contributed by atoms with van der Waals surface area (Å²) < 4.78 is 31.5. The van der Waals surface area contributed by atoms with Crippen LogP contribution in [-0.2, 0) is 4.79 Å². The van der Waals surface area contributed by atoms with Crippen LogP contribution >= 0.6 is 23.4 Å². The Morgan fingerprint density at radius 3 is 2.54 bits per heavy atom. The van der Waals surface area contributed by atoms with Crippen molar-refractivity contribution in [1.82, 2.24) is 10.2 Å². The maximum Gasteiger partial charge on any atom is 0.277 e. The van der Waals surface area contributed by atoms with E-state index in [1.807, 2.05) is 0 Å². The summed E-state index contributed by atoms with van der Waals surface area (Å²) in [5.41, 5.74) is 0.879. The number of thioether (sulfide) groups is 1. The third kappa shape index (κ3) is 4.39. The van der Waals surface area contributed by atoms with E-state index in [-0.39, 0.29) is 27.9 Å². The van der Waals surface area contributed by atoms with Crippen LogP contribution in [0.15, 0.2) is 52.1 Å². The van der Waals surface area contributed by atoms with Crippen LogP contribution in [0.3, 0.4) is 0 Å². The molecule has 1 heterocycles. The average molecular weight is 396 g/mol. The molecule has 0 saturated heterocycles. The van der Waals surface area contributed by atoms with Crippen molar-refractivity contribution in [2.24, 2.45) is 0 Å². The van der Waals surface area contributed by atoms with Gasteiger partial charge in [-0.1, -0.05) is 23.4 Å². The Kier molecular flexibility index (Phi) is 5.53. The third-order valence-corrected chi connectivity index (χ3v) is 4.58. The fourth-order valence-electron chi connectivity index (χ4n) is 2.00. The number of hydrogen-bond acceptors (Lipinski definition) is 5. The van der Waals surface area contributed by atoms with E-state index in [2.05, 4.69) is 15.5 Å². The van der Waals surface area contributed by atoms with Crippen LogP contribution in [-0.4, -0.2) is 21.4 Å². The van der Waals surface area contributed by atoms with E-state index in [9.17, 15) is 13.6 Å². The number of anilines is 1. The molecule has 3 aromatic rings. The summed E-state index contributed by atoms with van der Waals surface area (Å²) in [4.78, 5) is 12.3. The van der Waals surface area contributed by atoms with Gasteiger partial charge in [-0.15, -0.1) is 10.2 Å². The highest BCUT2D eigenvalue weighted by atomic mass is 35.5. The zero-order valence-electron chi connectivity index (χ0n) is 13.4. The van der Waals surface area contributed by atoms with E-state index in [4.69, 9.17) is 16.0 Å². The van der Waals surface area contributed by atoms with Gasteiger partial charge in [0, 0.05) is 5.56 Å². The SMILES string of the molecule is C[C@H](Sc1nnc(-c2ccc(F)cc2)o1)C(=O)Nc1ccc(F)cc1Cl. The molecular weight excluding hydrogens is 384 g/mol. The summed E-state index contributed by atoms with van der Waals surface area (Å²) in [6.07, 6.45) is 0. The van der Waals surface area contributed by atoms with Crippen molar-refractivity contribution in [3.63, 3.8) is 0 Å². The van der Waals surface area contributed by atoms with Crippen LogP contribution in [0.25, 0.3) is 11.5 Å². The quantitative estimate of drug-likeness (QED) is 0.629. The Morgan fingerprint density at radius 2 is 1.85 bits per heavy atom. The minimum absolute atomic E-state index is 0.104. The van der Waals surface area contributed by atoms with E-state index in [1.165, 1.54) is 36.4 Å². The van der Waals surface area contributed by atoms with Crippen molar-refractivity contribution in [3.8, 4) is 11.5 Å². The van der Waals surface area contributed by atoms with Gasteiger partial charge in [0.2, 0.25) is 11.8 Å². The molecule has 0 radical (unpaired) electrons. The molecule has 2 aromatic carbocycles. The minimum Gasteiger partial charge on any atom is -0.411 e. The van der Waals surface area contributed by atoms with E-state index < -0.39 is 11.1 Å². The number of hydrogen-bond donors (Lipinski definition) is 1. The molecule has 0 unspecified atom stereocenters. The summed E-state index contributed by atoms with van der Waals surface area (Å²) in [6.45, 7) is 1.65. The van der Waals surface area contributed by atoms with Crippen LogP contribution in [0.1, 0.15) is 6.92 Å². The van der Waals surface area contributed by atoms with Crippen molar-refractivity contribution >= 4 is 35.0 Å². The van der Waals surface area contributed by atoms with Gasteiger partial charge in [0.05, 0.1) is 16.0 Å². The molecule has 0 aliphatic carbocycles. The molecule has 26 heavy (non-hydrogen) atoms. The Hall–Kier alpha value is -2.45. The van der Waals surface area contributed by atoms with Crippen molar-refractivity contribution in [1.29, 1.82) is 0 Å². The summed E-state index contributed by atoms with van der Waals surface area (Å²) in [6, 6.07) is 9.30. The third-order valence-electron chi connectivity index (χ3n) is 3.33. The van der Waals surface area contributed by atoms with Gasteiger partial charge >= 0.3 is 0 Å². The molecule has 0 spiro atoms. The van der Waals surface area contributed by atoms with Gasteiger partial charge in [0.25, 0.3) is 5.22 Å². The molecule has 1 N–H and O–H groups in total. The fraction of sp³-hybridized carbons (Fsp3) is 0.118. The van der Waals surface area contributed by atoms with Crippen molar-refractivity contribution < 1.29 is 18.0 Å². The molecule has 134 valence electrons. The van der Waals surface area contributed by atoms with E-state index >= 15 is 0 Å². The lowest BCUT2D eigenvalue weighted by Crippen LogP contribution is -2.22. The molecule has 0 fully saturated rings. The van der Waals surface area contributed by atoms with Gasteiger partial charge in [-0.05, 0) is 49.4 Å². The number of benzene rings is 2. The summed E-state index contributed by atoms with van der Waals surface area (Å²) in [5, 5.41) is 10.1. The number of halogens is 3. The molecule has 0 aliphatic rings. The predicted molar refractivity (Wildman–Crippen MR) is 95.1 cm³/mol. The average Bonchev–Trinajstić information content (AvgIpc) is 3.06. The molecule has 5 nitrogen and oxygen atoms in total. The number of carbonyl (C=O) groups excluding carboxylic acids is 1. The Bertz CT molecular complexity index is 934. The maximum absolute atomic E-state index is 13.0. The van der Waals surface area contributed by atoms with E-state index in [0.717, 1.165) is 17.8 Å². The molecule has 0 saturated carbocycles. The van der Waals surface area contributed by atoms with Gasteiger partial charge in [0.15, 0.2) is 0 Å². The largest absolute Gasteiger partial charge is 0.411 e. The molecule has 1 amide bonds. The molecular formula is C17H12ClF2N3O2S. The summed E-state index contributed by atoms with van der Waals surface area (Å²) in [7, 11) is 0. The van der Waals surface area contributed by atoms with Crippen molar-refractivity contribution in [2.45, 2.75) is 17.4 Å². The maximum atomic E-state index is 13.0. The molecule has 9 heteroatoms. The highest BCUT2D eigenvalue weighted by molar-refractivity contribution is 8.00. The van der Waals surface area contributed by atoms with Crippen LogP contribution < -0.4 is 5.32 Å². The monoisotopic (exact) mass is 395 g/mol. The molecule has 0 bridgehead atoms. The van der Waals surface area contributed by atoms with Crippen molar-refractivity contribution in [2.75, 3.05) is 5.32 Å². The standard InChI is InChI=1S/C17H12ClF2N3O2S/c1-9(15(24)21-14-7-6-12(20)8-13(14)18)26-17-23-22-16(25-17)10-2-4-11(19)5-3-10/h2-9H,1H3,(H,21,24)/t9-/m0/s1. The molecule has 3 rings (SSSR count). The lowest BCUT2D eigenvalue weighted by molar-refractivity contribution is -0.115. The van der Waals surface area contributed by atoms with Crippen LogP contribution in [0, 0.1) is 11.6 Å². The first-order valence-corrected chi connectivity index (χ1v) is 8.70. The first-order valence-electron chi connectivity index (χ1n) is 7.44. The van der Waals surface area contributed by atoms with Gasteiger partial charge in [-0.2, -0.15) is 0 Å². The Balaban J connectivity index is 1.65. The lowest BCUT2D eigenvalue weighted by Gasteiger charge is -2.11. The molecule has 1 atom stereocenters. The van der Waals surface area contributed by atoms with E-state index in [1.54, 1.807) is 6.92 Å². The second-order valence-corrected chi connectivity index (χ2v) is 6.95. The normalized spacial score (nSPS) is 12.0. The first kappa shape index (κ1) is 18.3. The van der Waals surface area contributed by atoms with Gasteiger partial charge in [-0.25, -0.2) is 8.78 Å². The zero-order valence-corrected chi connectivity index (χ0v) is 14.9. The number of aromatic nitrogens is 2. The van der Waals surface area contributed by atoms with Crippen LogP contribution in [0.5, 0.6) is 0 Å². The topological polar surface area (TPSA) is 68.0 Å². The van der Waals surface area contributed by atoms with Crippen LogP contribution in [0.4, 0.5) is 14.5 Å². The van der Waals surface area contributed by atoms with Crippen LogP contribution in [0.2, 0.25) is 5.02 Å². The van der Waals surface area contributed by atoms with Gasteiger partial charge in [0.1, 0.15) is 11.6 Å². The first-order chi connectivity index (χ1) is 12.4. The predicted octanol–water partition coefficient (Wildman–Crippen LogP) is 4.79. The number of nitrogens with one attached hydrogen (secondary N) is 1. The summed E-state index contributed by atoms with van der Waals surface area (Å²) >= 11 is 6.95. The van der Waals surface area contributed by atoms with Gasteiger partial charge < -0.3 is 9.73 Å². The second kappa shape index (κ2) is 7.84. The second-order valence-electron chi connectivity index (χ2n) is 5.25. The molecule has 1 aromatic heterocycles. The highest BCUT2D eigenvalue weighted by Crippen LogP contribution is 2.28. The number of rotatable bonds is 5. The van der Waals surface area contributed by atoms with Crippen molar-refractivity contribution in [3.05, 3.63) is 59.1 Å². The zero-order chi connectivity index (χ0) is 18.7.